The fourth-order valence-electron chi connectivity index (χ4n) is 1.60. The number of rotatable bonds is 1. The van der Waals surface area contributed by atoms with Gasteiger partial charge in [-0.25, -0.2) is 0 Å². The van der Waals surface area contributed by atoms with Gasteiger partial charge < -0.3 is 10.6 Å². The lowest BCUT2D eigenvalue weighted by Gasteiger charge is -2.27. The van der Waals surface area contributed by atoms with Gasteiger partial charge >= 0.3 is 0 Å². The summed E-state index contributed by atoms with van der Waals surface area (Å²) in [7, 11) is 5.88. The second-order valence-electron chi connectivity index (χ2n) is 3.26. The van der Waals surface area contributed by atoms with Crippen molar-refractivity contribution in [1.82, 2.24) is 4.90 Å². The van der Waals surface area contributed by atoms with Crippen molar-refractivity contribution < 1.29 is 0 Å². The third kappa shape index (κ3) is 4.38. The second kappa shape index (κ2) is 6.62. The molecule has 0 aromatic carbocycles. The van der Waals surface area contributed by atoms with E-state index in [1.807, 2.05) is 0 Å². The first kappa shape index (κ1) is 10.9. The molecule has 0 bridgehead atoms. The highest BCUT2D eigenvalue weighted by Gasteiger charge is 2.13. The van der Waals surface area contributed by atoms with Gasteiger partial charge in [-0.05, 0) is 34.0 Å². The average molecular weight is 158 g/mol. The lowest BCUT2D eigenvalue weighted by Crippen LogP contribution is -2.29. The number of hydrogen-bond donors (Lipinski definition) is 1. The van der Waals surface area contributed by atoms with Gasteiger partial charge in [-0.15, -0.1) is 0 Å². The summed E-state index contributed by atoms with van der Waals surface area (Å²) in [6, 6.07) is 0.888. The van der Waals surface area contributed by atoms with E-state index in [0.29, 0.717) is 0 Å². The summed E-state index contributed by atoms with van der Waals surface area (Å²) in [4.78, 5) is 2.36. The minimum atomic E-state index is 0.888. The van der Waals surface area contributed by atoms with Crippen molar-refractivity contribution in [1.29, 1.82) is 0 Å². The SMILES string of the molecule is CN.CN(C)C1CCCCC1. The number of nitrogens with zero attached hydrogens (tertiary/aromatic N) is 1. The minimum Gasteiger partial charge on any atom is -0.333 e. The van der Waals surface area contributed by atoms with Crippen LogP contribution in [0.2, 0.25) is 0 Å². The zero-order chi connectivity index (χ0) is 8.69. The Labute approximate surface area is 70.8 Å². The van der Waals surface area contributed by atoms with Gasteiger partial charge in [-0.2, -0.15) is 0 Å². The van der Waals surface area contributed by atoms with Gasteiger partial charge in [0.1, 0.15) is 0 Å². The molecule has 1 aliphatic rings. The second-order valence-corrected chi connectivity index (χ2v) is 3.26. The van der Waals surface area contributed by atoms with Crippen LogP contribution in [0.25, 0.3) is 0 Å². The predicted molar refractivity (Wildman–Crippen MR) is 50.7 cm³/mol. The number of hydrogen-bond acceptors (Lipinski definition) is 2. The van der Waals surface area contributed by atoms with E-state index < -0.39 is 0 Å². The zero-order valence-electron chi connectivity index (χ0n) is 8.14. The summed E-state index contributed by atoms with van der Waals surface area (Å²) < 4.78 is 0. The van der Waals surface area contributed by atoms with Crippen molar-refractivity contribution in [3.05, 3.63) is 0 Å². The molecule has 2 nitrogen and oxygen atoms in total. The fraction of sp³-hybridized carbons (Fsp3) is 1.00. The van der Waals surface area contributed by atoms with Crippen LogP contribution < -0.4 is 5.73 Å². The van der Waals surface area contributed by atoms with Crippen molar-refractivity contribution in [2.45, 2.75) is 38.1 Å². The summed E-state index contributed by atoms with van der Waals surface area (Å²) in [6.45, 7) is 0. The first-order valence-corrected chi connectivity index (χ1v) is 4.55. The van der Waals surface area contributed by atoms with Crippen LogP contribution in [-0.4, -0.2) is 32.1 Å². The summed E-state index contributed by atoms with van der Waals surface area (Å²) in [5.41, 5.74) is 4.50. The van der Waals surface area contributed by atoms with Crippen LogP contribution in [0, 0.1) is 0 Å². The molecule has 0 atom stereocenters. The normalized spacial score (nSPS) is 19.4. The Morgan fingerprint density at radius 2 is 1.45 bits per heavy atom. The molecular formula is C9H22N2. The van der Waals surface area contributed by atoms with E-state index in [2.05, 4.69) is 24.7 Å². The molecule has 2 N–H and O–H groups in total. The van der Waals surface area contributed by atoms with E-state index in [1.54, 1.807) is 0 Å². The van der Waals surface area contributed by atoms with Crippen LogP contribution in [0.3, 0.4) is 0 Å². The maximum absolute atomic E-state index is 4.50. The molecule has 11 heavy (non-hydrogen) atoms. The zero-order valence-corrected chi connectivity index (χ0v) is 8.14. The van der Waals surface area contributed by atoms with E-state index in [-0.39, 0.29) is 0 Å². The van der Waals surface area contributed by atoms with Crippen LogP contribution >= 0.6 is 0 Å². The van der Waals surface area contributed by atoms with Gasteiger partial charge in [0.05, 0.1) is 0 Å². The van der Waals surface area contributed by atoms with Crippen LogP contribution in [-0.2, 0) is 0 Å². The van der Waals surface area contributed by atoms with E-state index in [9.17, 15) is 0 Å². The van der Waals surface area contributed by atoms with Crippen LogP contribution in [0.5, 0.6) is 0 Å². The van der Waals surface area contributed by atoms with Gasteiger partial charge in [0, 0.05) is 6.04 Å². The maximum Gasteiger partial charge on any atom is 0.00891 e. The molecule has 2 heteroatoms. The Kier molecular flexibility index (Phi) is 6.57. The molecule has 0 aliphatic heterocycles. The van der Waals surface area contributed by atoms with Gasteiger partial charge in [-0.1, -0.05) is 19.3 Å². The van der Waals surface area contributed by atoms with Crippen molar-refractivity contribution in [2.24, 2.45) is 5.73 Å². The summed E-state index contributed by atoms with van der Waals surface area (Å²) >= 11 is 0. The molecule has 0 heterocycles. The molecule has 68 valence electrons. The molecule has 0 saturated heterocycles. The van der Waals surface area contributed by atoms with Crippen molar-refractivity contribution in [3.8, 4) is 0 Å². The van der Waals surface area contributed by atoms with Crippen LogP contribution in [0.1, 0.15) is 32.1 Å². The van der Waals surface area contributed by atoms with E-state index in [0.717, 1.165) is 6.04 Å². The van der Waals surface area contributed by atoms with Crippen molar-refractivity contribution in [3.63, 3.8) is 0 Å². The molecule has 0 spiro atoms. The molecule has 0 aromatic rings. The Morgan fingerprint density at radius 3 is 1.73 bits per heavy atom. The van der Waals surface area contributed by atoms with E-state index in [4.69, 9.17) is 0 Å². The third-order valence-corrected chi connectivity index (χ3v) is 2.30. The largest absolute Gasteiger partial charge is 0.333 e. The summed E-state index contributed by atoms with van der Waals surface area (Å²) in [6.07, 6.45) is 7.20. The van der Waals surface area contributed by atoms with E-state index in [1.165, 1.54) is 39.2 Å². The first-order chi connectivity index (χ1) is 5.30. The van der Waals surface area contributed by atoms with Gasteiger partial charge in [0.2, 0.25) is 0 Å². The molecule has 0 aromatic heterocycles. The van der Waals surface area contributed by atoms with Gasteiger partial charge in [0.25, 0.3) is 0 Å². The molecule has 0 unspecified atom stereocenters. The van der Waals surface area contributed by atoms with Crippen LogP contribution in [0.15, 0.2) is 0 Å². The first-order valence-electron chi connectivity index (χ1n) is 4.55. The topological polar surface area (TPSA) is 29.3 Å². The Bertz CT molecular complexity index is 75.6. The molecule has 1 fully saturated rings. The molecule has 1 rings (SSSR count). The average Bonchev–Trinajstić information content (AvgIpc) is 2.10. The van der Waals surface area contributed by atoms with Crippen molar-refractivity contribution in [2.75, 3.05) is 21.1 Å². The third-order valence-electron chi connectivity index (χ3n) is 2.30. The Morgan fingerprint density at radius 1 is 1.00 bits per heavy atom. The van der Waals surface area contributed by atoms with Crippen LogP contribution in [0.4, 0.5) is 0 Å². The smallest absolute Gasteiger partial charge is 0.00891 e. The molecule has 0 amide bonds. The minimum absolute atomic E-state index is 0.888. The highest BCUT2D eigenvalue weighted by Crippen LogP contribution is 2.20. The fourth-order valence-corrected chi connectivity index (χ4v) is 1.60. The summed E-state index contributed by atoms with van der Waals surface area (Å²) in [5.74, 6) is 0. The van der Waals surface area contributed by atoms with Crippen molar-refractivity contribution >= 4 is 0 Å². The highest BCUT2D eigenvalue weighted by atomic mass is 15.1. The van der Waals surface area contributed by atoms with Gasteiger partial charge in [-0.3, -0.25) is 0 Å². The Balaban J connectivity index is 0.000000461. The molecule has 0 radical (unpaired) electrons. The highest BCUT2D eigenvalue weighted by molar-refractivity contribution is 4.70. The molecule has 1 aliphatic carbocycles. The number of nitrogens with two attached hydrogens (primary N) is 1. The maximum atomic E-state index is 4.50. The molecular weight excluding hydrogens is 136 g/mol. The van der Waals surface area contributed by atoms with E-state index >= 15 is 0 Å². The monoisotopic (exact) mass is 158 g/mol. The predicted octanol–water partition coefficient (Wildman–Crippen LogP) is 1.46. The Hall–Kier alpha value is -0.0800. The quantitative estimate of drug-likeness (QED) is 0.626. The lowest BCUT2D eigenvalue weighted by molar-refractivity contribution is 0.229. The molecule has 1 saturated carbocycles. The standard InChI is InChI=1S/C8H17N.CH5N/c1-9(2)8-6-4-3-5-7-8;1-2/h8H,3-7H2,1-2H3;2H2,1H3. The summed E-state index contributed by atoms with van der Waals surface area (Å²) in [5, 5.41) is 0. The lowest BCUT2D eigenvalue weighted by atomic mass is 9.95. The van der Waals surface area contributed by atoms with Gasteiger partial charge in [0.15, 0.2) is 0 Å².